The molecule has 1 spiro atoms. The molecule has 1 aliphatic carbocycles. The predicted octanol–water partition coefficient (Wildman–Crippen LogP) is 3.12. The van der Waals surface area contributed by atoms with Gasteiger partial charge in [0.25, 0.3) is 0 Å². The van der Waals surface area contributed by atoms with E-state index < -0.39 is 0 Å². The Labute approximate surface area is 182 Å². The maximum atomic E-state index is 14.1. The fraction of sp³-hybridized carbons (Fsp3) is 0.500. The van der Waals surface area contributed by atoms with Gasteiger partial charge in [0, 0.05) is 44.9 Å². The van der Waals surface area contributed by atoms with Gasteiger partial charge in [-0.3, -0.25) is 9.59 Å². The topological polar surface area (TPSA) is 75.2 Å². The second-order valence-corrected chi connectivity index (χ2v) is 8.70. The SMILES string of the molecule is CCNC(=O)C[C@@H]1CC2(CCN(C(=O)CCc3cncnc3)CC2)c2cc(F)ccc21. The number of aryl methyl sites for hydroxylation is 1. The Morgan fingerprint density at radius 3 is 2.68 bits per heavy atom. The molecule has 6 nitrogen and oxygen atoms in total. The Hall–Kier alpha value is -2.83. The number of nitrogens with one attached hydrogen (secondary N) is 1. The first-order valence-corrected chi connectivity index (χ1v) is 11.1. The summed E-state index contributed by atoms with van der Waals surface area (Å²) in [6.07, 6.45) is 8.90. The van der Waals surface area contributed by atoms with Crippen molar-refractivity contribution in [2.75, 3.05) is 19.6 Å². The molecule has 31 heavy (non-hydrogen) atoms. The van der Waals surface area contributed by atoms with Crippen LogP contribution in [0, 0.1) is 5.82 Å². The summed E-state index contributed by atoms with van der Waals surface area (Å²) >= 11 is 0. The van der Waals surface area contributed by atoms with Crippen LogP contribution < -0.4 is 5.32 Å². The van der Waals surface area contributed by atoms with E-state index >= 15 is 0 Å². The van der Waals surface area contributed by atoms with E-state index in [1.807, 2.05) is 17.9 Å². The molecule has 1 atom stereocenters. The van der Waals surface area contributed by atoms with Crippen LogP contribution in [-0.4, -0.2) is 46.3 Å². The van der Waals surface area contributed by atoms with Gasteiger partial charge in [-0.1, -0.05) is 6.07 Å². The van der Waals surface area contributed by atoms with E-state index in [1.54, 1.807) is 18.5 Å². The molecule has 1 saturated heterocycles. The monoisotopic (exact) mass is 424 g/mol. The molecule has 2 aromatic rings. The fourth-order valence-electron chi connectivity index (χ4n) is 5.24. The number of hydrogen-bond donors (Lipinski definition) is 1. The maximum Gasteiger partial charge on any atom is 0.222 e. The molecule has 1 fully saturated rings. The average molecular weight is 425 g/mol. The zero-order valence-corrected chi connectivity index (χ0v) is 17.9. The van der Waals surface area contributed by atoms with Crippen LogP contribution in [0.1, 0.15) is 61.6 Å². The summed E-state index contributed by atoms with van der Waals surface area (Å²) in [5.41, 5.74) is 2.93. The molecular formula is C24H29FN4O2. The first-order chi connectivity index (χ1) is 15.0. The maximum absolute atomic E-state index is 14.1. The number of benzene rings is 1. The van der Waals surface area contributed by atoms with E-state index in [4.69, 9.17) is 0 Å². The number of piperidine rings is 1. The summed E-state index contributed by atoms with van der Waals surface area (Å²) in [6.45, 7) is 3.84. The van der Waals surface area contributed by atoms with Gasteiger partial charge in [-0.2, -0.15) is 0 Å². The highest BCUT2D eigenvalue weighted by atomic mass is 19.1. The number of fused-ring (bicyclic) bond motifs is 2. The normalized spacial score (nSPS) is 19.3. The third kappa shape index (κ3) is 4.60. The van der Waals surface area contributed by atoms with Crippen molar-refractivity contribution in [3.05, 3.63) is 59.4 Å². The van der Waals surface area contributed by atoms with Crippen molar-refractivity contribution in [1.82, 2.24) is 20.2 Å². The third-order valence-corrected chi connectivity index (χ3v) is 6.78. The molecule has 164 valence electrons. The highest BCUT2D eigenvalue weighted by molar-refractivity contribution is 5.77. The van der Waals surface area contributed by atoms with Crippen molar-refractivity contribution in [2.24, 2.45) is 0 Å². The van der Waals surface area contributed by atoms with E-state index in [2.05, 4.69) is 15.3 Å². The van der Waals surface area contributed by atoms with Gasteiger partial charge in [-0.25, -0.2) is 14.4 Å². The van der Waals surface area contributed by atoms with Crippen LogP contribution in [0.3, 0.4) is 0 Å². The molecule has 2 amide bonds. The van der Waals surface area contributed by atoms with Gasteiger partial charge >= 0.3 is 0 Å². The van der Waals surface area contributed by atoms with Crippen molar-refractivity contribution in [3.63, 3.8) is 0 Å². The number of nitrogens with zero attached hydrogens (tertiary/aromatic N) is 3. The minimum atomic E-state index is -0.236. The number of halogens is 1. The second-order valence-electron chi connectivity index (χ2n) is 8.70. The van der Waals surface area contributed by atoms with Gasteiger partial charge in [-0.05, 0) is 72.8 Å². The standard InChI is InChI=1S/C24H29FN4O2/c1-2-28-22(30)11-18-13-24(21-12-19(25)4-5-20(18)21)7-9-29(10-8-24)23(31)6-3-17-14-26-16-27-15-17/h4-5,12,14-16,18H,2-3,6-11,13H2,1H3,(H,28,30)/t18-/m1/s1. The molecule has 1 aromatic carbocycles. The van der Waals surface area contributed by atoms with E-state index in [0.717, 1.165) is 36.0 Å². The van der Waals surface area contributed by atoms with Crippen molar-refractivity contribution in [1.29, 1.82) is 0 Å². The first kappa shape index (κ1) is 21.4. The van der Waals surface area contributed by atoms with Crippen LogP contribution in [-0.2, 0) is 21.4 Å². The summed E-state index contributed by atoms with van der Waals surface area (Å²) in [4.78, 5) is 34.9. The lowest BCUT2D eigenvalue weighted by molar-refractivity contribution is -0.132. The minimum Gasteiger partial charge on any atom is -0.356 e. The lowest BCUT2D eigenvalue weighted by Gasteiger charge is -2.40. The number of carbonyl (C=O) groups excluding carboxylic acids is 2. The Bertz CT molecular complexity index is 942. The van der Waals surface area contributed by atoms with Crippen LogP contribution in [0.5, 0.6) is 0 Å². The summed E-state index contributed by atoms with van der Waals surface area (Å²) in [5.74, 6) is 0.0372. The van der Waals surface area contributed by atoms with Crippen molar-refractivity contribution < 1.29 is 14.0 Å². The molecule has 1 aromatic heterocycles. The number of rotatable bonds is 6. The van der Waals surface area contributed by atoms with Crippen LogP contribution >= 0.6 is 0 Å². The van der Waals surface area contributed by atoms with Crippen LogP contribution in [0.15, 0.2) is 36.9 Å². The largest absolute Gasteiger partial charge is 0.356 e. The van der Waals surface area contributed by atoms with E-state index in [9.17, 15) is 14.0 Å². The molecule has 0 bridgehead atoms. The smallest absolute Gasteiger partial charge is 0.222 e. The van der Waals surface area contributed by atoms with Crippen molar-refractivity contribution >= 4 is 11.8 Å². The molecule has 4 rings (SSSR count). The van der Waals surface area contributed by atoms with Gasteiger partial charge in [0.05, 0.1) is 0 Å². The van der Waals surface area contributed by atoms with Crippen molar-refractivity contribution in [3.8, 4) is 0 Å². The van der Waals surface area contributed by atoms with Crippen molar-refractivity contribution in [2.45, 2.75) is 56.8 Å². The van der Waals surface area contributed by atoms with E-state index in [-0.39, 0.29) is 29.0 Å². The molecule has 2 aliphatic rings. The summed E-state index contributed by atoms with van der Waals surface area (Å²) in [7, 11) is 0. The molecular weight excluding hydrogens is 395 g/mol. The Morgan fingerprint density at radius 2 is 1.97 bits per heavy atom. The Morgan fingerprint density at radius 1 is 1.23 bits per heavy atom. The lowest BCUT2D eigenvalue weighted by atomic mass is 9.73. The molecule has 2 heterocycles. The molecule has 1 aliphatic heterocycles. The van der Waals surface area contributed by atoms with Gasteiger partial charge < -0.3 is 10.2 Å². The van der Waals surface area contributed by atoms with E-state index in [1.165, 1.54) is 12.4 Å². The number of amides is 2. The Balaban J connectivity index is 1.42. The summed E-state index contributed by atoms with van der Waals surface area (Å²) < 4.78 is 14.1. The fourth-order valence-corrected chi connectivity index (χ4v) is 5.24. The lowest BCUT2D eigenvalue weighted by Crippen LogP contribution is -2.44. The number of aromatic nitrogens is 2. The zero-order valence-electron chi connectivity index (χ0n) is 17.9. The Kier molecular flexibility index (Phi) is 6.30. The minimum absolute atomic E-state index is 0.0392. The third-order valence-electron chi connectivity index (χ3n) is 6.78. The van der Waals surface area contributed by atoms with Crippen LogP contribution in [0.4, 0.5) is 4.39 Å². The molecule has 1 N–H and O–H groups in total. The molecule has 0 saturated carbocycles. The first-order valence-electron chi connectivity index (χ1n) is 11.1. The van der Waals surface area contributed by atoms with Gasteiger partial charge in [-0.15, -0.1) is 0 Å². The number of hydrogen-bond acceptors (Lipinski definition) is 4. The highest BCUT2D eigenvalue weighted by Gasteiger charge is 2.46. The van der Waals surface area contributed by atoms with Crippen LogP contribution in [0.2, 0.25) is 0 Å². The summed E-state index contributed by atoms with van der Waals surface area (Å²) in [5, 5.41) is 2.88. The quantitative estimate of drug-likeness (QED) is 0.773. The average Bonchev–Trinajstić information content (AvgIpc) is 3.05. The van der Waals surface area contributed by atoms with Crippen LogP contribution in [0.25, 0.3) is 0 Å². The molecule has 0 unspecified atom stereocenters. The summed E-state index contributed by atoms with van der Waals surface area (Å²) in [6, 6.07) is 5.00. The molecule has 7 heteroatoms. The molecule has 0 radical (unpaired) electrons. The highest BCUT2D eigenvalue weighted by Crippen LogP contribution is 2.52. The number of carbonyl (C=O) groups is 2. The van der Waals surface area contributed by atoms with Gasteiger partial charge in [0.15, 0.2) is 0 Å². The predicted molar refractivity (Wildman–Crippen MR) is 115 cm³/mol. The van der Waals surface area contributed by atoms with Gasteiger partial charge in [0.1, 0.15) is 12.1 Å². The van der Waals surface area contributed by atoms with E-state index in [0.29, 0.717) is 38.9 Å². The van der Waals surface area contributed by atoms with Gasteiger partial charge in [0.2, 0.25) is 11.8 Å². The second kappa shape index (κ2) is 9.12. The zero-order chi connectivity index (χ0) is 21.8. The number of likely N-dealkylation sites (tertiary alicyclic amines) is 1.